The first-order valence-electron chi connectivity index (χ1n) is 6.39. The lowest BCUT2D eigenvalue weighted by Crippen LogP contribution is -2.48. The van der Waals surface area contributed by atoms with Gasteiger partial charge in [0.1, 0.15) is 5.82 Å². The van der Waals surface area contributed by atoms with Crippen LogP contribution in [-0.4, -0.2) is 40.3 Å². The molecular formula is C13H16N4O2S. The van der Waals surface area contributed by atoms with Crippen molar-refractivity contribution in [1.29, 1.82) is 0 Å². The summed E-state index contributed by atoms with van der Waals surface area (Å²) in [6, 6.07) is 5.70. The molecule has 0 aliphatic carbocycles. The third-order valence-corrected chi connectivity index (χ3v) is 5.35. The van der Waals surface area contributed by atoms with Crippen molar-refractivity contribution in [2.45, 2.75) is 17.9 Å². The van der Waals surface area contributed by atoms with Crippen LogP contribution >= 0.6 is 0 Å². The number of rotatable bonds is 3. The third-order valence-electron chi connectivity index (χ3n) is 3.64. The van der Waals surface area contributed by atoms with Crippen molar-refractivity contribution in [2.75, 3.05) is 13.1 Å². The summed E-state index contributed by atoms with van der Waals surface area (Å²) < 4.78 is 27.9. The molecule has 0 spiro atoms. The average molecular weight is 292 g/mol. The zero-order chi connectivity index (χ0) is 14.3. The summed E-state index contributed by atoms with van der Waals surface area (Å²) >= 11 is 0. The van der Waals surface area contributed by atoms with Crippen molar-refractivity contribution in [3.63, 3.8) is 0 Å². The van der Waals surface area contributed by atoms with E-state index in [2.05, 4.69) is 9.97 Å². The highest BCUT2D eigenvalue weighted by atomic mass is 32.2. The molecule has 0 unspecified atom stereocenters. The van der Waals surface area contributed by atoms with E-state index in [1.807, 2.05) is 18.2 Å². The van der Waals surface area contributed by atoms with Crippen LogP contribution in [0.4, 0.5) is 0 Å². The minimum Gasteiger partial charge on any atom is -0.337 e. The van der Waals surface area contributed by atoms with Crippen LogP contribution in [0.5, 0.6) is 0 Å². The second-order valence-electron chi connectivity index (χ2n) is 5.01. The van der Waals surface area contributed by atoms with E-state index in [1.54, 1.807) is 30.9 Å². The largest absolute Gasteiger partial charge is 0.337 e. The van der Waals surface area contributed by atoms with Gasteiger partial charge in [0.25, 0.3) is 10.0 Å². The van der Waals surface area contributed by atoms with Gasteiger partial charge in [-0.15, -0.1) is 0 Å². The van der Waals surface area contributed by atoms with Crippen molar-refractivity contribution < 1.29 is 8.42 Å². The quantitative estimate of drug-likeness (QED) is 0.843. The second-order valence-corrected chi connectivity index (χ2v) is 6.90. The molecule has 0 bridgehead atoms. The number of pyridine rings is 1. The SMILES string of the molecule is Cc1nc(S(=O)(=O)N2CC(c3ccccn3)C2)cn1C. The molecule has 1 aliphatic rings. The molecule has 0 aromatic carbocycles. The van der Waals surface area contributed by atoms with Gasteiger partial charge in [-0.3, -0.25) is 4.98 Å². The molecule has 20 heavy (non-hydrogen) atoms. The Labute approximate surface area is 118 Å². The van der Waals surface area contributed by atoms with Crippen LogP contribution in [0.15, 0.2) is 35.6 Å². The monoisotopic (exact) mass is 292 g/mol. The topological polar surface area (TPSA) is 68.1 Å². The van der Waals surface area contributed by atoms with E-state index < -0.39 is 10.0 Å². The first-order chi connectivity index (χ1) is 9.48. The molecular weight excluding hydrogens is 276 g/mol. The van der Waals surface area contributed by atoms with E-state index in [9.17, 15) is 8.42 Å². The molecule has 0 amide bonds. The Balaban J connectivity index is 1.76. The Morgan fingerprint density at radius 3 is 2.60 bits per heavy atom. The molecule has 7 heteroatoms. The van der Waals surface area contributed by atoms with Crippen LogP contribution in [0.2, 0.25) is 0 Å². The molecule has 2 aromatic heterocycles. The van der Waals surface area contributed by atoms with Crippen molar-refractivity contribution >= 4 is 10.0 Å². The second kappa shape index (κ2) is 4.68. The molecule has 6 nitrogen and oxygen atoms in total. The maximum atomic E-state index is 12.4. The van der Waals surface area contributed by atoms with Gasteiger partial charge < -0.3 is 4.57 Å². The Morgan fingerprint density at radius 1 is 1.30 bits per heavy atom. The van der Waals surface area contributed by atoms with E-state index >= 15 is 0 Å². The number of hydrogen-bond donors (Lipinski definition) is 0. The Morgan fingerprint density at radius 2 is 2.05 bits per heavy atom. The number of imidazole rings is 1. The summed E-state index contributed by atoms with van der Waals surface area (Å²) in [7, 11) is -1.69. The highest BCUT2D eigenvalue weighted by Crippen LogP contribution is 2.30. The van der Waals surface area contributed by atoms with Crippen molar-refractivity contribution in [2.24, 2.45) is 7.05 Å². The van der Waals surface area contributed by atoms with Crippen LogP contribution in [-0.2, 0) is 17.1 Å². The fraction of sp³-hybridized carbons (Fsp3) is 0.385. The van der Waals surface area contributed by atoms with E-state index in [1.165, 1.54) is 4.31 Å². The highest BCUT2D eigenvalue weighted by Gasteiger charge is 2.39. The van der Waals surface area contributed by atoms with Gasteiger partial charge in [-0.05, 0) is 19.1 Å². The predicted octanol–water partition coefficient (Wildman–Crippen LogP) is 0.912. The average Bonchev–Trinajstić information content (AvgIpc) is 2.70. The molecule has 2 aromatic rings. The molecule has 1 fully saturated rings. The zero-order valence-corrected chi connectivity index (χ0v) is 12.2. The van der Waals surface area contributed by atoms with Crippen molar-refractivity contribution in [1.82, 2.24) is 18.8 Å². The molecule has 0 saturated carbocycles. The summed E-state index contributed by atoms with van der Waals surface area (Å²) in [5.74, 6) is 0.862. The predicted molar refractivity (Wildman–Crippen MR) is 73.7 cm³/mol. The lowest BCUT2D eigenvalue weighted by atomic mass is 9.99. The summed E-state index contributed by atoms with van der Waals surface area (Å²) in [6.45, 7) is 2.72. The minimum absolute atomic E-state index is 0.122. The van der Waals surface area contributed by atoms with Crippen LogP contribution in [0.3, 0.4) is 0 Å². The van der Waals surface area contributed by atoms with Gasteiger partial charge >= 0.3 is 0 Å². The molecule has 1 saturated heterocycles. The Bertz CT molecular complexity index is 699. The third kappa shape index (κ3) is 2.12. The maximum Gasteiger partial charge on any atom is 0.262 e. The molecule has 3 rings (SSSR count). The fourth-order valence-electron chi connectivity index (χ4n) is 2.22. The van der Waals surface area contributed by atoms with Crippen LogP contribution in [0.1, 0.15) is 17.4 Å². The Kier molecular flexibility index (Phi) is 3.10. The smallest absolute Gasteiger partial charge is 0.262 e. The molecule has 0 radical (unpaired) electrons. The number of nitrogens with zero attached hydrogens (tertiary/aromatic N) is 4. The molecule has 0 atom stereocenters. The fourth-order valence-corrected chi connectivity index (χ4v) is 3.78. The van der Waals surface area contributed by atoms with Crippen LogP contribution < -0.4 is 0 Å². The van der Waals surface area contributed by atoms with Gasteiger partial charge in [0.05, 0.1) is 0 Å². The van der Waals surface area contributed by atoms with Crippen molar-refractivity contribution in [3.8, 4) is 0 Å². The number of aromatic nitrogens is 3. The van der Waals surface area contributed by atoms with Gasteiger partial charge in [0.15, 0.2) is 5.03 Å². The van der Waals surface area contributed by atoms with Crippen LogP contribution in [0.25, 0.3) is 0 Å². The number of aryl methyl sites for hydroxylation is 2. The zero-order valence-electron chi connectivity index (χ0n) is 11.4. The van der Waals surface area contributed by atoms with E-state index in [0.29, 0.717) is 18.9 Å². The first-order valence-corrected chi connectivity index (χ1v) is 7.83. The first kappa shape index (κ1) is 13.3. The number of sulfonamides is 1. The van der Waals surface area contributed by atoms with Gasteiger partial charge in [-0.1, -0.05) is 6.07 Å². The summed E-state index contributed by atoms with van der Waals surface area (Å²) in [4.78, 5) is 8.37. The Hall–Kier alpha value is -1.73. The maximum absolute atomic E-state index is 12.4. The molecule has 3 heterocycles. The van der Waals surface area contributed by atoms with Crippen LogP contribution in [0, 0.1) is 6.92 Å². The number of hydrogen-bond acceptors (Lipinski definition) is 4. The molecule has 0 N–H and O–H groups in total. The van der Waals surface area contributed by atoms with Gasteiger partial charge in [-0.2, -0.15) is 4.31 Å². The highest BCUT2D eigenvalue weighted by molar-refractivity contribution is 7.89. The lowest BCUT2D eigenvalue weighted by Gasteiger charge is -2.37. The van der Waals surface area contributed by atoms with E-state index in [-0.39, 0.29) is 10.9 Å². The molecule has 106 valence electrons. The summed E-state index contributed by atoms with van der Waals surface area (Å²) in [5, 5.41) is 0.122. The van der Waals surface area contributed by atoms with Gasteiger partial charge in [0.2, 0.25) is 0 Å². The summed E-state index contributed by atoms with van der Waals surface area (Å²) in [5.41, 5.74) is 0.941. The summed E-state index contributed by atoms with van der Waals surface area (Å²) in [6.07, 6.45) is 3.29. The van der Waals surface area contributed by atoms with E-state index in [4.69, 9.17) is 0 Å². The van der Waals surface area contributed by atoms with Crippen molar-refractivity contribution in [3.05, 3.63) is 42.1 Å². The van der Waals surface area contributed by atoms with E-state index in [0.717, 1.165) is 5.69 Å². The van der Waals surface area contributed by atoms with Gasteiger partial charge in [0, 0.05) is 44.1 Å². The standard InChI is InChI=1S/C13H16N4O2S/c1-10-15-13(9-16(10)2)20(18,19)17-7-11(8-17)12-5-3-4-6-14-12/h3-6,9,11H,7-8H2,1-2H3. The van der Waals surface area contributed by atoms with Gasteiger partial charge in [-0.25, -0.2) is 13.4 Å². The molecule has 1 aliphatic heterocycles. The normalized spacial score (nSPS) is 17.1. The lowest BCUT2D eigenvalue weighted by molar-refractivity contribution is 0.259. The minimum atomic E-state index is -3.47.